The van der Waals surface area contributed by atoms with Crippen molar-refractivity contribution < 1.29 is 61.1 Å². The van der Waals surface area contributed by atoms with E-state index < -0.39 is 24.4 Å². The molecule has 644 valence electrons. The van der Waals surface area contributed by atoms with Crippen LogP contribution in [0.2, 0.25) is 0 Å². The Morgan fingerprint density at radius 2 is 0.630 bits per heavy atom. The van der Waals surface area contributed by atoms with E-state index in [1.54, 1.807) is 56.6 Å². The predicted octanol–water partition coefficient (Wildman–Crippen LogP) is 19.5. The molecule has 0 spiro atoms. The smallest absolute Gasteiger partial charge is 0.497 e. The molecule has 19 nitrogen and oxygen atoms in total. The summed E-state index contributed by atoms with van der Waals surface area (Å²) in [5, 5.41) is 0. The Balaban J connectivity index is 0.992. The molecule has 119 heavy (non-hydrogen) atoms. The summed E-state index contributed by atoms with van der Waals surface area (Å²) in [6, 6.07) is 61.8. The van der Waals surface area contributed by atoms with Gasteiger partial charge in [-0.3, -0.25) is 0 Å². The lowest BCUT2D eigenvalue weighted by molar-refractivity contribution is -0.0398. The van der Waals surface area contributed by atoms with Crippen LogP contribution in [0.4, 0.5) is 0 Å². The summed E-state index contributed by atoms with van der Waals surface area (Å²) < 4.78 is 94.0. The molecule has 3 unspecified atom stereocenters. The van der Waals surface area contributed by atoms with Gasteiger partial charge in [-0.1, -0.05) is 109 Å². The zero-order chi connectivity index (χ0) is 85.9. The second-order valence-electron chi connectivity index (χ2n) is 32.6. The predicted molar refractivity (Wildman–Crippen MR) is 487 cm³/mol. The van der Waals surface area contributed by atoms with E-state index in [0.29, 0.717) is 39.5 Å². The summed E-state index contributed by atoms with van der Waals surface area (Å²) in [6.07, 6.45) is 10.0. The number of para-hydroxylation sites is 3. The van der Waals surface area contributed by atoms with Gasteiger partial charge in [0.15, 0.2) is 0 Å². The van der Waals surface area contributed by atoms with Crippen molar-refractivity contribution in [3.05, 3.63) is 265 Å². The topological polar surface area (TPSA) is 174 Å². The molecule has 0 fully saturated rings. The quantitative estimate of drug-likeness (QED) is 0.0186. The van der Waals surface area contributed by atoms with Crippen molar-refractivity contribution in [3.8, 4) is 34.5 Å². The third-order valence-corrected chi connectivity index (χ3v) is 24.9. The fourth-order valence-electron chi connectivity index (χ4n) is 14.6. The van der Waals surface area contributed by atoms with Crippen molar-refractivity contribution in [2.45, 2.75) is 170 Å². The Morgan fingerprint density at radius 1 is 0.361 bits per heavy atom. The third-order valence-electron chi connectivity index (χ3n) is 21.3. The normalized spacial score (nSPS) is 13.4. The highest BCUT2D eigenvalue weighted by Gasteiger charge is 2.40. The van der Waals surface area contributed by atoms with E-state index in [2.05, 4.69) is 180 Å². The lowest BCUT2D eigenvalue weighted by Gasteiger charge is -2.35. The van der Waals surface area contributed by atoms with E-state index >= 15 is 4.57 Å². The van der Waals surface area contributed by atoms with Gasteiger partial charge in [0.1, 0.15) is 72.6 Å². The average molecular weight is 1700 g/mol. The second-order valence-corrected chi connectivity index (χ2v) is 36.5. The average Bonchev–Trinajstić information content (AvgIpc) is 0.787. The van der Waals surface area contributed by atoms with E-state index in [0.717, 1.165) is 154 Å². The molecule has 0 saturated carbocycles. The Kier molecular flexibility index (Phi) is 37.0. The van der Waals surface area contributed by atoms with Gasteiger partial charge in [0.25, 0.3) is 0 Å². The molecular formula is C96H129N6O13PS3. The van der Waals surface area contributed by atoms with Gasteiger partial charge >= 0.3 is 7.82 Å². The first-order valence-corrected chi connectivity index (χ1v) is 45.9. The molecule has 0 aliphatic carbocycles. The number of nitrogens with one attached hydrogen (secondary N) is 3. The van der Waals surface area contributed by atoms with Gasteiger partial charge in [-0.2, -0.15) is 30.3 Å². The Labute approximate surface area is 722 Å². The maximum Gasteiger partial charge on any atom is 0.524 e. The van der Waals surface area contributed by atoms with Gasteiger partial charge in [-0.05, 0) is 318 Å². The Bertz CT molecular complexity index is 4280. The van der Waals surface area contributed by atoms with Gasteiger partial charge in [-0.25, -0.2) is 4.57 Å². The van der Waals surface area contributed by atoms with Crippen molar-refractivity contribution >= 4 is 43.1 Å². The summed E-state index contributed by atoms with van der Waals surface area (Å²) in [5.41, 5.74) is 21.8. The van der Waals surface area contributed by atoms with Crippen molar-refractivity contribution in [3.63, 3.8) is 0 Å². The minimum Gasteiger partial charge on any atom is -0.497 e. The molecule has 3 atom stereocenters. The summed E-state index contributed by atoms with van der Waals surface area (Å²) in [6.45, 7) is 21.6. The van der Waals surface area contributed by atoms with Crippen molar-refractivity contribution in [1.82, 2.24) is 31.1 Å². The van der Waals surface area contributed by atoms with E-state index in [1.165, 1.54) is 16.7 Å². The van der Waals surface area contributed by atoms with Crippen molar-refractivity contribution in [2.24, 2.45) is 0 Å². The standard InChI is InChI=1S/C96H129N6O13PS3/c1-67-82(64-107-79(58-100(10)11)61-110-88-40-25-22-34-73(88)46-43-70-31-28-37-76(55-70)104-16)85(49-52-91(67)117-19)94(4,5)97-113-116(103,114-98-95(6,7)86-50-53-92(118-20)68(2)83(86)65-108-80(59-101(12)13)62-111-89-41-26-23-35-74(89)47-44-71-32-29-38-77(56-71)105-17)115-99-96(8,9)87-51-54-93(119-21)69(3)84(87)66-109-81(60-102(14)15)63-112-90-42-27-24-36-75(90)48-45-72-33-30-39-78(57-72)106-18/h22-42,49-57,79-81,97-99H,43-48,58-66H2,1-21H3. The van der Waals surface area contributed by atoms with Crippen molar-refractivity contribution in [2.75, 3.05) is 122 Å². The fourth-order valence-corrected chi connectivity index (χ4v) is 17.7. The van der Waals surface area contributed by atoms with Crippen LogP contribution in [0.15, 0.2) is 197 Å². The number of rotatable bonds is 51. The number of benzene rings is 9. The number of methoxy groups -OCH3 is 3. The van der Waals surface area contributed by atoms with Crippen LogP contribution >= 0.6 is 43.1 Å². The Morgan fingerprint density at radius 3 is 0.882 bits per heavy atom. The monoisotopic (exact) mass is 1700 g/mol. The van der Waals surface area contributed by atoms with Gasteiger partial charge < -0.3 is 57.3 Å². The molecule has 0 saturated heterocycles. The van der Waals surface area contributed by atoms with Gasteiger partial charge in [0.05, 0.1) is 57.8 Å². The molecule has 9 aromatic carbocycles. The number of hydrogen-bond donors (Lipinski definition) is 3. The van der Waals surface area contributed by atoms with Crippen LogP contribution in [-0.4, -0.2) is 155 Å². The van der Waals surface area contributed by atoms with E-state index in [9.17, 15) is 0 Å². The van der Waals surface area contributed by atoms with Gasteiger partial charge in [-0.15, -0.1) is 35.3 Å². The lowest BCUT2D eigenvalue weighted by Crippen LogP contribution is -2.43. The first-order chi connectivity index (χ1) is 57.0. The SMILES string of the molecule is COc1cccc(CCc2ccccc2OCC(CN(C)C)OCc2c(C(C)(C)NOP(=O)(ONC(C)(C)c3ccc(SC)c(C)c3COC(COc3ccccc3CCc3cccc(OC)c3)CN(C)C)ONC(C)(C)c3ccc(SC)c(C)c3COC(COc3ccccc3CCc3cccc(OC)c3)CN(C)C)ccc(SC)c2C)c1. The summed E-state index contributed by atoms with van der Waals surface area (Å²) in [7, 11) is 12.4. The van der Waals surface area contributed by atoms with Crippen LogP contribution in [-0.2, 0) is 108 Å². The number of nitrogens with zero attached hydrogens (tertiary/aromatic N) is 3. The van der Waals surface area contributed by atoms with Gasteiger partial charge in [0.2, 0.25) is 0 Å². The summed E-state index contributed by atoms with van der Waals surface area (Å²) in [5.74, 6) is 4.94. The first kappa shape index (κ1) is 95.4. The number of hydrogen-bond acceptors (Lipinski definition) is 22. The van der Waals surface area contributed by atoms with Crippen LogP contribution in [0.5, 0.6) is 34.5 Å². The molecule has 0 aliphatic rings. The summed E-state index contributed by atoms with van der Waals surface area (Å²) >= 11 is 4.98. The van der Waals surface area contributed by atoms with E-state index in [4.69, 9.17) is 56.5 Å². The van der Waals surface area contributed by atoms with Crippen molar-refractivity contribution in [1.29, 1.82) is 0 Å². The largest absolute Gasteiger partial charge is 0.524 e. The van der Waals surface area contributed by atoms with E-state index in [1.807, 2.05) is 157 Å². The highest BCUT2D eigenvalue weighted by molar-refractivity contribution is 7.99. The molecule has 0 radical (unpaired) electrons. The number of aryl methyl sites for hydroxylation is 6. The number of thioether (sulfide) groups is 3. The molecule has 9 aromatic rings. The number of hydroxylamine groups is 3. The molecule has 0 heterocycles. The molecule has 0 aliphatic heterocycles. The van der Waals surface area contributed by atoms with Crippen LogP contribution in [0.1, 0.15) is 125 Å². The third kappa shape index (κ3) is 28.3. The maximum absolute atomic E-state index is 16.4. The highest BCUT2D eigenvalue weighted by atomic mass is 32.2. The minimum absolute atomic E-state index is 0.225. The van der Waals surface area contributed by atoms with Gasteiger partial charge in [0, 0.05) is 34.3 Å². The zero-order valence-corrected chi connectivity index (χ0v) is 77.3. The Hall–Kier alpha value is -7.42. The number of likely N-dealkylation sites (N-methyl/N-ethyl adjacent to an activating group) is 3. The zero-order valence-electron chi connectivity index (χ0n) is 74.0. The number of phosphoric acid groups is 1. The molecule has 0 bridgehead atoms. The molecule has 9 rings (SSSR count). The molecular weight excluding hydrogens is 1570 g/mol. The van der Waals surface area contributed by atoms with Crippen LogP contribution in [0, 0.1) is 20.8 Å². The first-order valence-electron chi connectivity index (χ1n) is 40.8. The number of ether oxygens (including phenoxy) is 9. The summed E-state index contributed by atoms with van der Waals surface area (Å²) in [4.78, 5) is 9.58. The molecule has 0 amide bonds. The van der Waals surface area contributed by atoms with Crippen LogP contribution in [0.3, 0.4) is 0 Å². The van der Waals surface area contributed by atoms with Crippen LogP contribution < -0.4 is 44.9 Å². The lowest BCUT2D eigenvalue weighted by atomic mass is 9.88. The maximum atomic E-state index is 16.4. The molecule has 3 N–H and O–H groups in total. The minimum atomic E-state index is -4.87. The fraction of sp³-hybridized carbons (Fsp3) is 0.438. The highest BCUT2D eigenvalue weighted by Crippen LogP contribution is 2.50. The van der Waals surface area contributed by atoms with E-state index in [-0.39, 0.29) is 38.1 Å². The second kappa shape index (κ2) is 46.2. The molecule has 23 heteroatoms. The molecule has 0 aromatic heterocycles. The van der Waals surface area contributed by atoms with Crippen LogP contribution in [0.25, 0.3) is 0 Å².